The average molecular weight is 623 g/mol. The minimum atomic E-state index is -1.20. The van der Waals surface area contributed by atoms with E-state index in [0.717, 1.165) is 55.1 Å². The lowest BCUT2D eigenvalue weighted by Crippen LogP contribution is -2.55. The van der Waals surface area contributed by atoms with Gasteiger partial charge in [-0.15, -0.1) is 0 Å². The summed E-state index contributed by atoms with van der Waals surface area (Å²) in [6.07, 6.45) is 0.321. The van der Waals surface area contributed by atoms with E-state index < -0.39 is 41.8 Å². The molecule has 0 saturated heterocycles. The molecule has 0 aromatic heterocycles. The van der Waals surface area contributed by atoms with Crippen LogP contribution in [0.15, 0.2) is 42.5 Å². The molecule has 10 nitrogen and oxygen atoms in total. The van der Waals surface area contributed by atoms with Gasteiger partial charge in [-0.3, -0.25) is 4.79 Å². The number of nitrogens with one attached hydrogen (secondary N) is 3. The predicted octanol–water partition coefficient (Wildman–Crippen LogP) is 4.11. The average Bonchev–Trinajstić information content (AvgIpc) is 2.97. The van der Waals surface area contributed by atoms with E-state index in [1.165, 1.54) is 5.56 Å². The molecule has 0 radical (unpaired) electrons. The Balaban J connectivity index is 2.14. The van der Waals surface area contributed by atoms with Crippen molar-refractivity contribution in [3.05, 3.63) is 70.8 Å². The molecule has 0 saturated carbocycles. The molecule has 0 aliphatic carbocycles. The fourth-order valence-electron chi connectivity index (χ4n) is 3.94. The van der Waals surface area contributed by atoms with Gasteiger partial charge in [0.25, 0.3) is 0 Å². The number of amides is 2. The number of hydrogen-bond acceptors (Lipinski definition) is 9. The van der Waals surface area contributed by atoms with E-state index in [9.17, 15) is 23.5 Å². The number of ether oxygens (including phenoxy) is 1. The number of benzene rings is 2. The molecule has 2 amide bonds. The summed E-state index contributed by atoms with van der Waals surface area (Å²) in [6, 6.07) is 10.6. The third-order valence-corrected chi connectivity index (χ3v) is 6.88. The highest BCUT2D eigenvalue weighted by Crippen LogP contribution is 2.14. The smallest absolute Gasteiger partial charge is 0.407 e. The van der Waals surface area contributed by atoms with Crippen molar-refractivity contribution in [3.8, 4) is 6.07 Å². The number of unbranched alkanes of at least 4 members (excludes halogenated alkanes) is 1. The first-order valence-corrected chi connectivity index (χ1v) is 15.1. The summed E-state index contributed by atoms with van der Waals surface area (Å²) >= 11 is 0.789. The van der Waals surface area contributed by atoms with Gasteiger partial charge in [-0.25, -0.2) is 18.5 Å². The van der Waals surface area contributed by atoms with Gasteiger partial charge >= 0.3 is 6.09 Å². The van der Waals surface area contributed by atoms with Crippen molar-refractivity contribution in [2.24, 2.45) is 0 Å². The van der Waals surface area contributed by atoms with Gasteiger partial charge in [0, 0.05) is 31.2 Å². The number of alkyl carbamates (subject to hydrolysis) is 1. The lowest BCUT2D eigenvalue weighted by atomic mass is 10.00. The number of halogens is 2. The van der Waals surface area contributed by atoms with Crippen LogP contribution < -0.4 is 16.0 Å². The topological polar surface area (TPSA) is 142 Å². The SMILES string of the molecule is CCCCOOSC[C@@H](NC(=O)OCCC#N)C(=O)N[C@@H](Cc1cc(F)cc(F)c1)[C@H](O)CNCc1cccc(CC)c1. The number of carbonyl (C=O) groups excluding carboxylic acids is 2. The van der Waals surface area contributed by atoms with Crippen LogP contribution >= 0.6 is 12.0 Å². The Hall–Kier alpha value is -3.28. The third-order valence-electron chi connectivity index (χ3n) is 6.22. The summed E-state index contributed by atoms with van der Waals surface area (Å²) in [6.45, 7) is 4.72. The fourth-order valence-corrected chi connectivity index (χ4v) is 4.50. The molecule has 0 fully saturated rings. The largest absolute Gasteiger partial charge is 0.448 e. The standard InChI is InChI=1S/C30H40F2N4O6S/c1-3-5-12-41-42-43-20-27(36-30(39)40-11-7-10-33)29(38)35-26(16-23-14-24(31)17-25(32)15-23)28(37)19-34-18-22-9-6-8-21(4-2)13-22/h6,8-9,13-15,17,26-28,34,37H,3-5,7,11-12,16,18-20H2,1-2H3,(H,35,38)(H,36,39)/t26-,27+,28+/m0/s1. The maximum Gasteiger partial charge on any atom is 0.407 e. The van der Waals surface area contributed by atoms with Crippen LogP contribution in [0.3, 0.4) is 0 Å². The monoisotopic (exact) mass is 622 g/mol. The fraction of sp³-hybridized carbons (Fsp3) is 0.500. The van der Waals surface area contributed by atoms with Crippen molar-refractivity contribution in [2.75, 3.05) is 25.5 Å². The Kier molecular flexibility index (Phi) is 17.2. The van der Waals surface area contributed by atoms with Crippen molar-refractivity contribution in [2.45, 2.75) is 70.7 Å². The molecule has 0 aliphatic heterocycles. The summed E-state index contributed by atoms with van der Waals surface area (Å²) in [4.78, 5) is 30.7. The van der Waals surface area contributed by atoms with Crippen LogP contribution in [-0.4, -0.2) is 60.8 Å². The number of aliphatic hydroxyl groups is 1. The molecule has 0 unspecified atom stereocenters. The summed E-state index contributed by atoms with van der Waals surface area (Å²) in [5, 5.41) is 28.0. The first-order valence-electron chi connectivity index (χ1n) is 14.2. The zero-order chi connectivity index (χ0) is 31.5. The maximum absolute atomic E-state index is 13.9. The zero-order valence-electron chi connectivity index (χ0n) is 24.4. The van der Waals surface area contributed by atoms with Crippen LogP contribution in [0, 0.1) is 23.0 Å². The van der Waals surface area contributed by atoms with E-state index in [2.05, 4.69) is 22.9 Å². The second kappa shape index (κ2) is 20.6. The Labute approximate surface area is 255 Å². The lowest BCUT2D eigenvalue weighted by molar-refractivity contribution is -0.191. The Morgan fingerprint density at radius 3 is 2.49 bits per heavy atom. The van der Waals surface area contributed by atoms with Gasteiger partial charge in [-0.05, 0) is 48.1 Å². The van der Waals surface area contributed by atoms with Crippen LogP contribution in [-0.2, 0) is 38.1 Å². The van der Waals surface area contributed by atoms with Gasteiger partial charge in [0.2, 0.25) is 5.91 Å². The van der Waals surface area contributed by atoms with Gasteiger partial charge in [0.05, 0.1) is 37.0 Å². The van der Waals surface area contributed by atoms with Crippen LogP contribution in [0.5, 0.6) is 0 Å². The Morgan fingerprint density at radius 2 is 1.79 bits per heavy atom. The van der Waals surface area contributed by atoms with Crippen molar-refractivity contribution in [3.63, 3.8) is 0 Å². The van der Waals surface area contributed by atoms with Gasteiger partial charge in [0.15, 0.2) is 0 Å². The molecular formula is C30H40F2N4O6S. The predicted molar refractivity (Wildman–Crippen MR) is 158 cm³/mol. The summed E-state index contributed by atoms with van der Waals surface area (Å²) in [5.74, 6) is -2.37. The molecule has 43 heavy (non-hydrogen) atoms. The number of aliphatic hydroxyl groups excluding tert-OH is 1. The molecule has 4 N–H and O–H groups in total. The summed E-state index contributed by atoms with van der Waals surface area (Å²) in [5.41, 5.74) is 2.40. The number of carbonyl (C=O) groups is 2. The first-order chi connectivity index (χ1) is 20.7. The van der Waals surface area contributed by atoms with E-state index in [0.29, 0.717) is 13.2 Å². The van der Waals surface area contributed by atoms with Crippen LogP contribution in [0.1, 0.15) is 49.8 Å². The second-order valence-corrected chi connectivity index (χ2v) is 10.4. The van der Waals surface area contributed by atoms with Crippen LogP contribution in [0.4, 0.5) is 13.6 Å². The molecule has 2 rings (SSSR count). The van der Waals surface area contributed by atoms with Crippen LogP contribution in [0.2, 0.25) is 0 Å². The van der Waals surface area contributed by atoms with E-state index in [1.807, 2.05) is 37.3 Å². The van der Waals surface area contributed by atoms with Gasteiger partial charge in [0.1, 0.15) is 24.3 Å². The number of nitrogens with zero attached hydrogens (tertiary/aromatic N) is 1. The molecule has 13 heteroatoms. The zero-order valence-corrected chi connectivity index (χ0v) is 25.3. The van der Waals surface area contributed by atoms with Crippen molar-refractivity contribution in [1.82, 2.24) is 16.0 Å². The van der Waals surface area contributed by atoms with E-state index in [4.69, 9.17) is 19.2 Å². The third kappa shape index (κ3) is 14.6. The van der Waals surface area contributed by atoms with Gasteiger partial charge in [-0.2, -0.15) is 9.60 Å². The molecule has 0 bridgehead atoms. The highest BCUT2D eigenvalue weighted by Gasteiger charge is 2.28. The highest BCUT2D eigenvalue weighted by atomic mass is 32.2. The van der Waals surface area contributed by atoms with E-state index >= 15 is 0 Å². The molecule has 2 aromatic carbocycles. The minimum absolute atomic E-state index is 0.0262. The second-order valence-electron chi connectivity index (χ2n) is 9.74. The molecule has 3 atom stereocenters. The first kappa shape index (κ1) is 35.9. The van der Waals surface area contributed by atoms with E-state index in [1.54, 1.807) is 0 Å². The van der Waals surface area contributed by atoms with E-state index in [-0.39, 0.29) is 37.3 Å². The van der Waals surface area contributed by atoms with Crippen LogP contribution in [0.25, 0.3) is 0 Å². The normalized spacial score (nSPS) is 13.0. The highest BCUT2D eigenvalue weighted by molar-refractivity contribution is 7.94. The summed E-state index contributed by atoms with van der Waals surface area (Å²) < 4.78 is 37.8. The number of aryl methyl sites for hydroxylation is 1. The number of nitriles is 1. The minimum Gasteiger partial charge on any atom is -0.448 e. The van der Waals surface area contributed by atoms with Crippen molar-refractivity contribution >= 4 is 24.0 Å². The molecular weight excluding hydrogens is 582 g/mol. The quantitative estimate of drug-likeness (QED) is 0.0743. The van der Waals surface area contributed by atoms with Crippen molar-refractivity contribution < 1.29 is 37.4 Å². The molecule has 0 heterocycles. The van der Waals surface area contributed by atoms with Gasteiger partial charge in [-0.1, -0.05) is 44.5 Å². The molecule has 2 aromatic rings. The summed E-state index contributed by atoms with van der Waals surface area (Å²) in [7, 11) is 0. The molecule has 0 spiro atoms. The Morgan fingerprint density at radius 1 is 1.05 bits per heavy atom. The lowest BCUT2D eigenvalue weighted by Gasteiger charge is -2.27. The Bertz CT molecular complexity index is 1170. The number of hydrogen-bond donors (Lipinski definition) is 4. The molecule has 0 aliphatic rings. The van der Waals surface area contributed by atoms with Crippen molar-refractivity contribution in [1.29, 1.82) is 5.26 Å². The van der Waals surface area contributed by atoms with Gasteiger partial charge < -0.3 is 25.8 Å². The molecule has 236 valence electrons. The maximum atomic E-state index is 13.9. The number of rotatable bonds is 20.